The van der Waals surface area contributed by atoms with Crippen molar-refractivity contribution in [3.63, 3.8) is 0 Å². The van der Waals surface area contributed by atoms with Crippen LogP contribution >= 0.6 is 23.2 Å². The molecule has 3 nitrogen and oxygen atoms in total. The normalized spacial score (nSPS) is 10.5. The molecule has 0 aliphatic heterocycles. The number of anilines is 1. The van der Waals surface area contributed by atoms with Gasteiger partial charge in [-0.2, -0.15) is 0 Å². The number of nitrogens with zero attached hydrogens (tertiary/aromatic N) is 3. The number of halogens is 2. The highest BCUT2D eigenvalue weighted by molar-refractivity contribution is 6.33. The van der Waals surface area contributed by atoms with Crippen molar-refractivity contribution in [3.05, 3.63) is 52.9 Å². The van der Waals surface area contributed by atoms with Crippen molar-refractivity contribution in [2.45, 2.75) is 12.3 Å². The van der Waals surface area contributed by atoms with Crippen LogP contribution in [0.2, 0.25) is 5.02 Å². The summed E-state index contributed by atoms with van der Waals surface area (Å²) in [6.45, 7) is 0.809. The minimum absolute atomic E-state index is 0.421. The van der Waals surface area contributed by atoms with Gasteiger partial charge < -0.3 is 4.90 Å². The Kier molecular flexibility index (Phi) is 5.00. The van der Waals surface area contributed by atoms with Gasteiger partial charge in [0.2, 0.25) is 0 Å². The number of hydrogen-bond acceptors (Lipinski definition) is 3. The average molecular weight is 296 g/mol. The van der Waals surface area contributed by atoms with Crippen molar-refractivity contribution in [2.75, 3.05) is 18.5 Å². The van der Waals surface area contributed by atoms with E-state index in [1.165, 1.54) is 0 Å². The third-order valence-electron chi connectivity index (χ3n) is 2.82. The number of pyridine rings is 2. The lowest BCUT2D eigenvalue weighted by Crippen LogP contribution is -2.22. The quantitative estimate of drug-likeness (QED) is 0.790. The Labute approximate surface area is 123 Å². The summed E-state index contributed by atoms with van der Waals surface area (Å²) < 4.78 is 0. The molecule has 5 heteroatoms. The van der Waals surface area contributed by atoms with E-state index < -0.39 is 0 Å². The summed E-state index contributed by atoms with van der Waals surface area (Å²) in [6.07, 6.45) is 4.41. The van der Waals surface area contributed by atoms with E-state index in [1.54, 1.807) is 12.4 Å². The molecule has 2 rings (SSSR count). The Morgan fingerprint density at radius 1 is 1.26 bits per heavy atom. The molecule has 0 radical (unpaired) electrons. The highest BCUT2D eigenvalue weighted by atomic mass is 35.5. The third-order valence-corrected chi connectivity index (χ3v) is 3.41. The first-order valence-corrected chi connectivity index (χ1v) is 6.93. The highest BCUT2D eigenvalue weighted by Crippen LogP contribution is 2.23. The number of likely N-dealkylation sites (N-methyl/N-ethyl adjacent to an activating group) is 1. The zero-order chi connectivity index (χ0) is 13.7. The monoisotopic (exact) mass is 295 g/mol. The maximum atomic E-state index is 6.21. The van der Waals surface area contributed by atoms with Crippen LogP contribution in [-0.2, 0) is 12.3 Å². The molecular weight excluding hydrogens is 281 g/mol. The highest BCUT2D eigenvalue weighted by Gasteiger charge is 2.09. The third kappa shape index (κ3) is 3.82. The molecule has 0 bridgehead atoms. The minimum Gasteiger partial charge on any atom is -0.358 e. The first-order valence-electron chi connectivity index (χ1n) is 6.02. The maximum absolute atomic E-state index is 6.21. The van der Waals surface area contributed by atoms with Crippen molar-refractivity contribution in [1.82, 2.24) is 9.97 Å². The predicted molar refractivity (Wildman–Crippen MR) is 80.0 cm³/mol. The van der Waals surface area contributed by atoms with Gasteiger partial charge in [-0.05, 0) is 23.8 Å². The summed E-state index contributed by atoms with van der Waals surface area (Å²) in [5.74, 6) is 1.19. The first-order chi connectivity index (χ1) is 9.20. The molecular formula is C14H15Cl2N3. The largest absolute Gasteiger partial charge is 0.358 e. The summed E-state index contributed by atoms with van der Waals surface area (Å²) in [4.78, 5) is 10.7. The van der Waals surface area contributed by atoms with Crippen molar-refractivity contribution in [1.29, 1.82) is 0 Å². The van der Waals surface area contributed by atoms with E-state index >= 15 is 0 Å². The van der Waals surface area contributed by atoms with E-state index in [4.69, 9.17) is 23.2 Å². The lowest BCUT2D eigenvalue weighted by Gasteiger charge is -2.19. The Morgan fingerprint density at radius 3 is 2.74 bits per heavy atom. The van der Waals surface area contributed by atoms with Crippen LogP contribution in [0.5, 0.6) is 0 Å². The van der Waals surface area contributed by atoms with Crippen LogP contribution in [0.1, 0.15) is 11.3 Å². The van der Waals surface area contributed by atoms with Gasteiger partial charge in [0.05, 0.1) is 5.02 Å². The molecule has 2 heterocycles. The van der Waals surface area contributed by atoms with Gasteiger partial charge in [0.1, 0.15) is 5.82 Å². The second-order valence-corrected chi connectivity index (χ2v) is 4.95. The number of rotatable bonds is 5. The minimum atomic E-state index is 0.421. The van der Waals surface area contributed by atoms with E-state index in [0.717, 1.165) is 30.0 Å². The second-order valence-electron chi connectivity index (χ2n) is 4.28. The average Bonchev–Trinajstić information content (AvgIpc) is 2.45. The summed E-state index contributed by atoms with van der Waals surface area (Å²) in [5.41, 5.74) is 1.98. The Morgan fingerprint density at radius 2 is 2.11 bits per heavy atom. The molecule has 0 saturated carbocycles. The van der Waals surface area contributed by atoms with E-state index in [2.05, 4.69) is 9.97 Å². The molecule has 0 N–H and O–H groups in total. The van der Waals surface area contributed by atoms with Crippen LogP contribution in [0.15, 0.2) is 36.7 Å². The van der Waals surface area contributed by atoms with Gasteiger partial charge in [-0.25, -0.2) is 4.98 Å². The van der Waals surface area contributed by atoms with Gasteiger partial charge >= 0.3 is 0 Å². The molecule has 2 aromatic heterocycles. The lowest BCUT2D eigenvalue weighted by molar-refractivity contribution is 0.838. The van der Waals surface area contributed by atoms with Crippen LogP contribution < -0.4 is 4.90 Å². The molecule has 0 aliphatic rings. The Balaban J connectivity index is 2.02. The predicted octanol–water partition coefficient (Wildman–Crippen LogP) is 3.55. The fourth-order valence-corrected chi connectivity index (χ4v) is 2.24. The topological polar surface area (TPSA) is 29.0 Å². The summed E-state index contributed by atoms with van der Waals surface area (Å²) >= 11 is 12.0. The van der Waals surface area contributed by atoms with Gasteiger partial charge in [-0.1, -0.05) is 17.7 Å². The molecule has 0 aliphatic carbocycles. The maximum Gasteiger partial charge on any atom is 0.147 e. The molecule has 0 aromatic carbocycles. The molecule has 100 valence electrons. The standard InChI is InChI=1S/C14H15Cl2N3/c1-19(7-5-12-4-2-3-6-17-12)14-13(16)8-11(9-15)10-18-14/h2-4,6,8,10H,5,7,9H2,1H3. The first kappa shape index (κ1) is 14.1. The van der Waals surface area contributed by atoms with Crippen molar-refractivity contribution >= 4 is 29.0 Å². The smallest absolute Gasteiger partial charge is 0.147 e. The molecule has 0 fully saturated rings. The van der Waals surface area contributed by atoms with Crippen molar-refractivity contribution in [2.24, 2.45) is 0 Å². The van der Waals surface area contributed by atoms with E-state index in [1.807, 2.05) is 36.2 Å². The fraction of sp³-hybridized carbons (Fsp3) is 0.286. The zero-order valence-electron chi connectivity index (χ0n) is 10.7. The fourth-order valence-electron chi connectivity index (χ4n) is 1.76. The van der Waals surface area contributed by atoms with Crippen molar-refractivity contribution in [3.8, 4) is 0 Å². The van der Waals surface area contributed by atoms with Crippen LogP contribution in [0.4, 0.5) is 5.82 Å². The summed E-state index contributed by atoms with van der Waals surface area (Å²) in [7, 11) is 1.97. The summed E-state index contributed by atoms with van der Waals surface area (Å²) in [6, 6.07) is 7.77. The molecule has 0 atom stereocenters. The lowest BCUT2D eigenvalue weighted by atomic mass is 10.2. The van der Waals surface area contributed by atoms with E-state index in [9.17, 15) is 0 Å². The molecule has 0 saturated heterocycles. The Bertz CT molecular complexity index is 531. The van der Waals surface area contributed by atoms with Crippen LogP contribution in [0, 0.1) is 0 Å². The van der Waals surface area contributed by atoms with Crippen molar-refractivity contribution < 1.29 is 0 Å². The van der Waals surface area contributed by atoms with E-state index in [-0.39, 0.29) is 0 Å². The number of alkyl halides is 1. The van der Waals surface area contributed by atoms with Crippen LogP contribution in [-0.4, -0.2) is 23.6 Å². The zero-order valence-corrected chi connectivity index (χ0v) is 12.2. The molecule has 0 unspecified atom stereocenters. The molecule has 0 amide bonds. The van der Waals surface area contributed by atoms with Crippen LogP contribution in [0.3, 0.4) is 0 Å². The van der Waals surface area contributed by atoms with Gasteiger partial charge in [0.25, 0.3) is 0 Å². The molecule has 2 aromatic rings. The number of hydrogen-bond donors (Lipinski definition) is 0. The molecule has 0 spiro atoms. The molecule has 19 heavy (non-hydrogen) atoms. The van der Waals surface area contributed by atoms with Gasteiger partial charge in [-0.15, -0.1) is 11.6 Å². The SMILES string of the molecule is CN(CCc1ccccn1)c1ncc(CCl)cc1Cl. The van der Waals surface area contributed by atoms with Crippen LogP contribution in [0.25, 0.3) is 0 Å². The summed E-state index contributed by atoms with van der Waals surface area (Å²) in [5, 5.41) is 0.627. The van der Waals surface area contributed by atoms with E-state index in [0.29, 0.717) is 10.9 Å². The van der Waals surface area contributed by atoms with Gasteiger partial charge in [0.15, 0.2) is 0 Å². The Hall–Kier alpha value is -1.32. The van der Waals surface area contributed by atoms with Gasteiger partial charge in [0, 0.05) is 44.0 Å². The van der Waals surface area contributed by atoms with Gasteiger partial charge in [-0.3, -0.25) is 4.98 Å². The second kappa shape index (κ2) is 6.73. The number of aromatic nitrogens is 2.